The number of rotatable bonds is 11. The summed E-state index contributed by atoms with van der Waals surface area (Å²) in [5.74, 6) is -0.385. The number of anilines is 1. The topological polar surface area (TPSA) is 117 Å². The first-order chi connectivity index (χ1) is 16.7. The molecular formula is C22H32F3N5O5S. The van der Waals surface area contributed by atoms with Gasteiger partial charge in [-0.15, -0.1) is 0 Å². The summed E-state index contributed by atoms with van der Waals surface area (Å²) in [5, 5.41) is 12.1. The van der Waals surface area contributed by atoms with Crippen LogP contribution in [0.3, 0.4) is 0 Å². The van der Waals surface area contributed by atoms with E-state index in [-0.39, 0.29) is 36.3 Å². The Morgan fingerprint density at radius 2 is 1.83 bits per heavy atom. The van der Waals surface area contributed by atoms with Crippen molar-refractivity contribution < 1.29 is 36.2 Å². The minimum absolute atomic E-state index is 0.0293. The number of nitrogens with zero attached hydrogens (tertiary/aromatic N) is 4. The van der Waals surface area contributed by atoms with Gasteiger partial charge >= 0.3 is 12.2 Å². The average Bonchev–Trinajstić information content (AvgIpc) is 3.26. The van der Waals surface area contributed by atoms with Crippen LogP contribution >= 0.6 is 0 Å². The monoisotopic (exact) mass is 535 g/mol. The molecular weight excluding hydrogens is 503 g/mol. The number of amides is 2. The SMILES string of the molecule is CO[C@H](CN(C)S(=O)(=O)c1cn(C)cn1)[C@H](C)CN(C(=O)Nc1ccc(C(F)(F)F)cc1)[C@@H](C)CO. The van der Waals surface area contributed by atoms with E-state index in [9.17, 15) is 31.5 Å². The highest BCUT2D eigenvalue weighted by molar-refractivity contribution is 7.89. The second-order valence-electron chi connectivity index (χ2n) is 8.60. The van der Waals surface area contributed by atoms with Gasteiger partial charge in [0.05, 0.1) is 30.6 Å². The van der Waals surface area contributed by atoms with Gasteiger partial charge in [0, 0.05) is 52.1 Å². The molecule has 2 aromatic rings. The normalized spacial score (nSPS) is 14.9. The van der Waals surface area contributed by atoms with Crippen molar-refractivity contribution in [2.24, 2.45) is 13.0 Å². The summed E-state index contributed by atoms with van der Waals surface area (Å²) in [6.07, 6.45) is -2.36. The number of likely N-dealkylation sites (N-methyl/N-ethyl adjacent to an activating group) is 1. The molecule has 2 amide bonds. The van der Waals surface area contributed by atoms with Crippen molar-refractivity contribution in [3.8, 4) is 0 Å². The van der Waals surface area contributed by atoms with Gasteiger partial charge in [-0.1, -0.05) is 6.92 Å². The molecule has 0 saturated heterocycles. The number of aliphatic hydroxyl groups excluding tert-OH is 1. The lowest BCUT2D eigenvalue weighted by atomic mass is 10.0. The molecule has 202 valence electrons. The van der Waals surface area contributed by atoms with E-state index in [2.05, 4.69) is 10.3 Å². The van der Waals surface area contributed by atoms with Gasteiger partial charge in [-0.25, -0.2) is 18.2 Å². The van der Waals surface area contributed by atoms with E-state index in [1.807, 2.05) is 0 Å². The van der Waals surface area contributed by atoms with E-state index >= 15 is 0 Å². The number of alkyl halides is 3. The quantitative estimate of drug-likeness (QED) is 0.457. The van der Waals surface area contributed by atoms with Crippen molar-refractivity contribution in [3.63, 3.8) is 0 Å². The fraction of sp³-hybridized carbons (Fsp3) is 0.545. The lowest BCUT2D eigenvalue weighted by Gasteiger charge is -2.34. The number of sulfonamides is 1. The average molecular weight is 536 g/mol. The van der Waals surface area contributed by atoms with Crippen LogP contribution in [0.15, 0.2) is 41.8 Å². The molecule has 1 aromatic carbocycles. The largest absolute Gasteiger partial charge is 0.416 e. The summed E-state index contributed by atoms with van der Waals surface area (Å²) < 4.78 is 72.2. The number of ether oxygens (including phenoxy) is 1. The molecule has 0 spiro atoms. The molecule has 2 rings (SSSR count). The number of nitrogens with one attached hydrogen (secondary N) is 1. The number of hydrogen-bond acceptors (Lipinski definition) is 6. The van der Waals surface area contributed by atoms with Gasteiger partial charge in [0.15, 0.2) is 5.03 Å². The van der Waals surface area contributed by atoms with E-state index in [1.165, 1.54) is 36.1 Å². The molecule has 14 heteroatoms. The highest BCUT2D eigenvalue weighted by Gasteiger charge is 2.32. The van der Waals surface area contributed by atoms with Crippen LogP contribution in [0.4, 0.5) is 23.7 Å². The van der Waals surface area contributed by atoms with Crippen LogP contribution in [0.25, 0.3) is 0 Å². The molecule has 0 aliphatic carbocycles. The lowest BCUT2D eigenvalue weighted by Crippen LogP contribution is -2.48. The van der Waals surface area contributed by atoms with E-state index in [4.69, 9.17) is 4.74 Å². The second-order valence-corrected chi connectivity index (χ2v) is 10.6. The highest BCUT2D eigenvalue weighted by atomic mass is 32.2. The van der Waals surface area contributed by atoms with Gasteiger partial charge < -0.3 is 24.6 Å². The van der Waals surface area contributed by atoms with Gasteiger partial charge in [-0.3, -0.25) is 0 Å². The molecule has 3 atom stereocenters. The Morgan fingerprint density at radius 1 is 1.22 bits per heavy atom. The molecule has 36 heavy (non-hydrogen) atoms. The van der Waals surface area contributed by atoms with Gasteiger partial charge in [0.25, 0.3) is 10.0 Å². The number of methoxy groups -OCH3 is 1. The van der Waals surface area contributed by atoms with Crippen molar-refractivity contribution in [2.75, 3.05) is 39.2 Å². The minimum atomic E-state index is -4.50. The zero-order valence-electron chi connectivity index (χ0n) is 20.7. The van der Waals surface area contributed by atoms with Crippen LogP contribution in [0.5, 0.6) is 0 Å². The number of halogens is 3. The highest BCUT2D eigenvalue weighted by Crippen LogP contribution is 2.30. The van der Waals surface area contributed by atoms with E-state index < -0.39 is 39.9 Å². The number of hydrogen-bond donors (Lipinski definition) is 2. The van der Waals surface area contributed by atoms with Gasteiger partial charge in [-0.05, 0) is 31.2 Å². The predicted molar refractivity (Wildman–Crippen MR) is 127 cm³/mol. The van der Waals surface area contributed by atoms with Crippen LogP contribution in [0.1, 0.15) is 19.4 Å². The fourth-order valence-corrected chi connectivity index (χ4v) is 4.59. The molecule has 0 aliphatic heterocycles. The second kappa shape index (κ2) is 12.0. The molecule has 1 aromatic heterocycles. The van der Waals surface area contributed by atoms with Crippen molar-refractivity contribution >= 4 is 21.7 Å². The Labute approximate surface area is 208 Å². The van der Waals surface area contributed by atoms with Crippen LogP contribution in [0, 0.1) is 5.92 Å². The smallest absolute Gasteiger partial charge is 0.394 e. The summed E-state index contributed by atoms with van der Waals surface area (Å²) in [4.78, 5) is 18.1. The molecule has 0 unspecified atom stereocenters. The molecule has 0 fully saturated rings. The zero-order chi connectivity index (χ0) is 27.3. The molecule has 0 bridgehead atoms. The number of aryl methyl sites for hydroxylation is 1. The maximum Gasteiger partial charge on any atom is 0.416 e. The first kappa shape index (κ1) is 29.5. The number of carbonyl (C=O) groups excluding carboxylic acids is 1. The fourth-order valence-electron chi connectivity index (χ4n) is 3.45. The number of imidazole rings is 1. The predicted octanol–water partition coefficient (Wildman–Crippen LogP) is 2.63. The minimum Gasteiger partial charge on any atom is -0.394 e. The Bertz CT molecular complexity index is 1110. The number of aliphatic hydroxyl groups is 1. The van der Waals surface area contributed by atoms with Crippen molar-refractivity contribution in [1.29, 1.82) is 0 Å². The van der Waals surface area contributed by atoms with Crippen LogP contribution in [-0.4, -0.2) is 84.3 Å². The first-order valence-electron chi connectivity index (χ1n) is 11.0. The lowest BCUT2D eigenvalue weighted by molar-refractivity contribution is -0.137. The van der Waals surface area contributed by atoms with E-state index in [0.717, 1.165) is 28.6 Å². The molecule has 0 saturated carbocycles. The van der Waals surface area contributed by atoms with Crippen LogP contribution in [0.2, 0.25) is 0 Å². The van der Waals surface area contributed by atoms with Gasteiger partial charge in [0.2, 0.25) is 0 Å². The number of benzene rings is 1. The Balaban J connectivity index is 2.12. The number of aromatic nitrogens is 2. The summed E-state index contributed by atoms with van der Waals surface area (Å²) in [6.45, 7) is 3.05. The summed E-state index contributed by atoms with van der Waals surface area (Å²) in [5.41, 5.74) is -0.692. The first-order valence-corrected chi connectivity index (χ1v) is 12.5. The van der Waals surface area contributed by atoms with Crippen LogP contribution < -0.4 is 5.32 Å². The summed E-state index contributed by atoms with van der Waals surface area (Å²) in [6, 6.07) is 2.73. The van der Waals surface area contributed by atoms with Crippen molar-refractivity contribution in [1.82, 2.24) is 18.8 Å². The van der Waals surface area contributed by atoms with Crippen LogP contribution in [-0.2, 0) is 28.0 Å². The van der Waals surface area contributed by atoms with Crippen molar-refractivity contribution in [2.45, 2.75) is 37.2 Å². The molecule has 10 nitrogen and oxygen atoms in total. The van der Waals surface area contributed by atoms with E-state index in [0.29, 0.717) is 0 Å². The summed E-state index contributed by atoms with van der Waals surface area (Å²) >= 11 is 0. The number of urea groups is 1. The summed E-state index contributed by atoms with van der Waals surface area (Å²) in [7, 11) is 0.601. The third kappa shape index (κ3) is 7.41. The Hall–Kier alpha value is -2.68. The number of carbonyl (C=O) groups is 1. The standard InChI is InChI=1S/C22H32F3N5O5S/c1-15(19(35-5)11-29(4)36(33,34)20-12-28(3)14-26-20)10-30(16(2)13-31)21(32)27-18-8-6-17(7-9-18)22(23,24)25/h6-9,12,14-16,19,31H,10-11,13H2,1-5H3,(H,27,32)/t15-,16+,19-/m1/s1. The molecule has 0 radical (unpaired) electrons. The molecule has 2 N–H and O–H groups in total. The maximum absolute atomic E-state index is 12.9. The Kier molecular flexibility index (Phi) is 9.88. The van der Waals surface area contributed by atoms with Crippen molar-refractivity contribution in [3.05, 3.63) is 42.4 Å². The molecule has 0 aliphatic rings. The Morgan fingerprint density at radius 3 is 2.31 bits per heavy atom. The third-order valence-electron chi connectivity index (χ3n) is 5.74. The van der Waals surface area contributed by atoms with Gasteiger partial charge in [0.1, 0.15) is 0 Å². The maximum atomic E-state index is 12.9. The zero-order valence-corrected chi connectivity index (χ0v) is 21.5. The van der Waals surface area contributed by atoms with Gasteiger partial charge in [-0.2, -0.15) is 17.5 Å². The molecule has 1 heterocycles. The van der Waals surface area contributed by atoms with E-state index in [1.54, 1.807) is 20.9 Å². The third-order valence-corrected chi connectivity index (χ3v) is 7.44.